The van der Waals surface area contributed by atoms with Gasteiger partial charge in [0.2, 0.25) is 0 Å². The number of benzene rings is 2. The van der Waals surface area contributed by atoms with Gasteiger partial charge in [0.05, 0.1) is 6.10 Å². The Balaban J connectivity index is 1.62. The highest BCUT2D eigenvalue weighted by atomic mass is 16.3. The van der Waals surface area contributed by atoms with Gasteiger partial charge < -0.3 is 10.2 Å². The molecule has 5 atom stereocenters. The van der Waals surface area contributed by atoms with Crippen LogP contribution in [0.5, 0.6) is 5.75 Å². The third-order valence-corrected chi connectivity index (χ3v) is 7.84. The fraction of sp³-hybridized carbons (Fsp3) is 0.500. The van der Waals surface area contributed by atoms with Crippen molar-refractivity contribution in [3.8, 4) is 16.9 Å². The van der Waals surface area contributed by atoms with E-state index in [4.69, 9.17) is 0 Å². The van der Waals surface area contributed by atoms with Crippen LogP contribution in [0.2, 0.25) is 0 Å². The van der Waals surface area contributed by atoms with E-state index in [9.17, 15) is 10.2 Å². The molecule has 26 heavy (non-hydrogen) atoms. The first-order valence-corrected chi connectivity index (χ1v) is 10.2. The van der Waals surface area contributed by atoms with Crippen molar-refractivity contribution < 1.29 is 10.2 Å². The van der Waals surface area contributed by atoms with Gasteiger partial charge in [0, 0.05) is 0 Å². The van der Waals surface area contributed by atoms with Crippen LogP contribution < -0.4 is 0 Å². The molecule has 2 N–H and O–H groups in total. The minimum atomic E-state index is -0.122. The maximum Gasteiger partial charge on any atom is 0.116 e. The lowest BCUT2D eigenvalue weighted by Gasteiger charge is -2.50. The van der Waals surface area contributed by atoms with Gasteiger partial charge in [0.1, 0.15) is 5.75 Å². The minimum Gasteiger partial charge on any atom is -0.508 e. The standard InChI is InChI=1S/C24H28O2/c1-24-12-11-19-18(21(24)9-10-22(24)26)8-7-16-13-17(25)14-20(23(16)19)15-5-3-2-4-6-15/h2-6,13-14,18-19,21-22,25-26H,7-12H2,1H3/t18-,19+,21+,22-,24+/m1/s1. The summed E-state index contributed by atoms with van der Waals surface area (Å²) in [6.45, 7) is 2.33. The molecule has 0 spiro atoms. The molecule has 136 valence electrons. The van der Waals surface area contributed by atoms with Crippen LogP contribution in [0.3, 0.4) is 0 Å². The molecule has 0 unspecified atom stereocenters. The Kier molecular flexibility index (Phi) is 3.69. The molecule has 0 heterocycles. The van der Waals surface area contributed by atoms with Crippen LogP contribution in [0.25, 0.3) is 11.1 Å². The number of aromatic hydroxyl groups is 1. The molecule has 0 radical (unpaired) electrons. The molecule has 3 aliphatic rings. The van der Waals surface area contributed by atoms with E-state index in [-0.39, 0.29) is 11.5 Å². The van der Waals surface area contributed by atoms with Gasteiger partial charge in [0.25, 0.3) is 0 Å². The largest absolute Gasteiger partial charge is 0.508 e. The van der Waals surface area contributed by atoms with Crippen molar-refractivity contribution in [1.29, 1.82) is 0 Å². The Bertz CT molecular complexity index is 828. The molecular formula is C24H28O2. The van der Waals surface area contributed by atoms with E-state index in [2.05, 4.69) is 31.2 Å². The van der Waals surface area contributed by atoms with Crippen LogP contribution in [0.15, 0.2) is 42.5 Å². The number of hydrogen-bond donors (Lipinski definition) is 2. The number of fused-ring (bicyclic) bond motifs is 5. The van der Waals surface area contributed by atoms with Gasteiger partial charge in [-0.25, -0.2) is 0 Å². The Hall–Kier alpha value is -1.80. The summed E-state index contributed by atoms with van der Waals surface area (Å²) < 4.78 is 0. The van der Waals surface area contributed by atoms with Crippen molar-refractivity contribution in [2.24, 2.45) is 17.3 Å². The monoisotopic (exact) mass is 348 g/mol. The van der Waals surface area contributed by atoms with Gasteiger partial charge in [-0.15, -0.1) is 0 Å². The molecule has 2 fully saturated rings. The second-order valence-corrected chi connectivity index (χ2v) is 8.99. The smallest absolute Gasteiger partial charge is 0.116 e. The highest BCUT2D eigenvalue weighted by Crippen LogP contribution is 2.61. The van der Waals surface area contributed by atoms with Crippen molar-refractivity contribution in [1.82, 2.24) is 0 Å². The second kappa shape index (κ2) is 5.85. The van der Waals surface area contributed by atoms with E-state index in [1.54, 1.807) is 0 Å². The molecule has 2 aromatic rings. The Labute approximate surface area is 155 Å². The van der Waals surface area contributed by atoms with Crippen LogP contribution in [0.4, 0.5) is 0 Å². The highest BCUT2D eigenvalue weighted by molar-refractivity contribution is 5.72. The Morgan fingerprint density at radius 2 is 1.81 bits per heavy atom. The molecule has 2 saturated carbocycles. The minimum absolute atomic E-state index is 0.114. The average Bonchev–Trinajstić information content (AvgIpc) is 2.96. The van der Waals surface area contributed by atoms with Crippen molar-refractivity contribution in [3.05, 3.63) is 53.6 Å². The lowest BCUT2D eigenvalue weighted by atomic mass is 9.55. The highest BCUT2D eigenvalue weighted by Gasteiger charge is 2.54. The summed E-state index contributed by atoms with van der Waals surface area (Å²) in [4.78, 5) is 0. The van der Waals surface area contributed by atoms with Crippen molar-refractivity contribution in [2.45, 2.75) is 57.5 Å². The first kappa shape index (κ1) is 16.4. The molecule has 5 rings (SSSR count). The van der Waals surface area contributed by atoms with Gasteiger partial charge in [-0.1, -0.05) is 37.3 Å². The van der Waals surface area contributed by atoms with Crippen LogP contribution in [0.1, 0.15) is 56.1 Å². The summed E-state index contributed by atoms with van der Waals surface area (Å²) in [5, 5.41) is 20.9. The number of aliphatic hydroxyl groups excluding tert-OH is 1. The quantitative estimate of drug-likeness (QED) is 0.736. The Morgan fingerprint density at radius 1 is 1.00 bits per heavy atom. The van der Waals surface area contributed by atoms with E-state index in [1.165, 1.54) is 35.1 Å². The molecule has 0 aromatic heterocycles. The second-order valence-electron chi connectivity index (χ2n) is 8.99. The van der Waals surface area contributed by atoms with E-state index in [0.29, 0.717) is 23.5 Å². The topological polar surface area (TPSA) is 40.5 Å². The van der Waals surface area contributed by atoms with Crippen molar-refractivity contribution >= 4 is 0 Å². The fourth-order valence-electron chi connectivity index (χ4n) is 6.54. The molecular weight excluding hydrogens is 320 g/mol. The summed E-state index contributed by atoms with van der Waals surface area (Å²) in [5.74, 6) is 2.27. The molecule has 0 aliphatic heterocycles. The third-order valence-electron chi connectivity index (χ3n) is 7.84. The fourth-order valence-corrected chi connectivity index (χ4v) is 6.54. The summed E-state index contributed by atoms with van der Waals surface area (Å²) in [5.41, 5.74) is 5.36. The predicted octanol–water partition coefficient (Wildman–Crippen LogP) is 5.28. The first-order chi connectivity index (χ1) is 12.6. The maximum absolute atomic E-state index is 10.6. The zero-order valence-electron chi connectivity index (χ0n) is 15.5. The van der Waals surface area contributed by atoms with Gasteiger partial charge in [-0.2, -0.15) is 0 Å². The average molecular weight is 348 g/mol. The van der Waals surface area contributed by atoms with Crippen LogP contribution >= 0.6 is 0 Å². The Morgan fingerprint density at radius 3 is 2.62 bits per heavy atom. The zero-order valence-corrected chi connectivity index (χ0v) is 15.5. The van der Waals surface area contributed by atoms with Gasteiger partial charge in [-0.3, -0.25) is 0 Å². The van der Waals surface area contributed by atoms with E-state index >= 15 is 0 Å². The number of aliphatic hydroxyl groups is 1. The first-order valence-electron chi connectivity index (χ1n) is 10.2. The predicted molar refractivity (Wildman–Crippen MR) is 104 cm³/mol. The van der Waals surface area contributed by atoms with Crippen molar-refractivity contribution in [2.75, 3.05) is 0 Å². The molecule has 0 saturated heterocycles. The number of rotatable bonds is 1. The molecule has 0 bridgehead atoms. The molecule has 2 heteroatoms. The lowest BCUT2D eigenvalue weighted by Crippen LogP contribution is -2.44. The van der Waals surface area contributed by atoms with Crippen LogP contribution in [-0.4, -0.2) is 16.3 Å². The molecule has 2 nitrogen and oxygen atoms in total. The number of phenolic OH excluding ortho intramolecular Hbond substituents is 1. The zero-order chi connectivity index (χ0) is 17.9. The maximum atomic E-state index is 10.6. The lowest BCUT2D eigenvalue weighted by molar-refractivity contribution is -0.0225. The van der Waals surface area contributed by atoms with Crippen LogP contribution in [-0.2, 0) is 6.42 Å². The summed E-state index contributed by atoms with van der Waals surface area (Å²) in [7, 11) is 0. The van der Waals surface area contributed by atoms with Gasteiger partial charge in [0.15, 0.2) is 0 Å². The normalized spacial score (nSPS) is 35.5. The number of hydrogen-bond acceptors (Lipinski definition) is 2. The van der Waals surface area contributed by atoms with Crippen molar-refractivity contribution in [3.63, 3.8) is 0 Å². The SMILES string of the molecule is C[C@]12CC[C@@H]3c4c(cc(O)cc4-c4ccccc4)CC[C@H]3[C@@H]1CC[C@H]2O. The molecule has 0 amide bonds. The summed E-state index contributed by atoms with van der Waals surface area (Å²) >= 11 is 0. The summed E-state index contributed by atoms with van der Waals surface area (Å²) in [6.07, 6.45) is 6.55. The molecule has 2 aromatic carbocycles. The third kappa shape index (κ3) is 2.28. The van der Waals surface area contributed by atoms with E-state index in [0.717, 1.165) is 25.7 Å². The number of aryl methyl sites for hydroxylation is 1. The summed E-state index contributed by atoms with van der Waals surface area (Å²) in [6, 6.07) is 14.5. The van der Waals surface area contributed by atoms with Gasteiger partial charge in [-0.05, 0) is 96.1 Å². The van der Waals surface area contributed by atoms with E-state index in [1.807, 2.05) is 18.2 Å². The number of phenols is 1. The van der Waals surface area contributed by atoms with E-state index < -0.39 is 0 Å². The van der Waals surface area contributed by atoms with Crippen LogP contribution in [0, 0.1) is 17.3 Å². The van der Waals surface area contributed by atoms with Gasteiger partial charge >= 0.3 is 0 Å². The molecule has 3 aliphatic carbocycles.